The number of anilines is 3. The van der Waals surface area contributed by atoms with E-state index < -0.39 is 10.8 Å². The summed E-state index contributed by atoms with van der Waals surface area (Å²) in [5.74, 6) is 0. The van der Waals surface area contributed by atoms with E-state index in [-0.39, 0.29) is 0 Å². The molecule has 2 aliphatic carbocycles. The van der Waals surface area contributed by atoms with E-state index in [9.17, 15) is 0 Å². The van der Waals surface area contributed by atoms with Crippen molar-refractivity contribution in [2.45, 2.75) is 20.6 Å². The number of hydrogen-bond donors (Lipinski definition) is 0. The van der Waals surface area contributed by atoms with Crippen molar-refractivity contribution in [1.29, 1.82) is 0 Å². The fourth-order valence-electron chi connectivity index (χ4n) is 13.2. The smallest absolute Gasteiger partial charge is 0.137 e. The second-order valence-corrected chi connectivity index (χ2v) is 20.5. The number of fused-ring (bicyclic) bond motifs is 18. The molecule has 0 saturated heterocycles. The molecule has 3 aliphatic rings. The van der Waals surface area contributed by atoms with Crippen LogP contribution >= 0.6 is 11.8 Å². The van der Waals surface area contributed by atoms with E-state index in [1.54, 1.807) is 0 Å². The van der Waals surface area contributed by atoms with Crippen molar-refractivity contribution in [1.82, 2.24) is 0 Å². The van der Waals surface area contributed by atoms with Crippen LogP contribution in [0.15, 0.2) is 267 Å². The highest BCUT2D eigenvalue weighted by Crippen LogP contribution is 2.63. The summed E-state index contributed by atoms with van der Waals surface area (Å²) in [6.45, 7) is 0. The van der Waals surface area contributed by atoms with Gasteiger partial charge in [-0.25, -0.2) is 0 Å². The quantitative estimate of drug-likeness (QED) is 0.172. The van der Waals surface area contributed by atoms with E-state index >= 15 is 0 Å². The molecule has 336 valence electrons. The number of para-hydroxylation sites is 1. The molecule has 4 heteroatoms. The number of hydrogen-bond acceptors (Lipinski definition) is 4. The van der Waals surface area contributed by atoms with Crippen molar-refractivity contribution < 1.29 is 8.83 Å². The van der Waals surface area contributed by atoms with Gasteiger partial charge in [0.15, 0.2) is 0 Å². The Morgan fingerprint density at radius 3 is 1.56 bits per heavy atom. The van der Waals surface area contributed by atoms with Gasteiger partial charge in [0.2, 0.25) is 0 Å². The summed E-state index contributed by atoms with van der Waals surface area (Å²) < 4.78 is 13.8. The molecule has 0 amide bonds. The van der Waals surface area contributed by atoms with Crippen molar-refractivity contribution in [3.63, 3.8) is 0 Å². The van der Waals surface area contributed by atoms with Crippen LogP contribution in [0.3, 0.4) is 0 Å². The summed E-state index contributed by atoms with van der Waals surface area (Å²) in [4.78, 5) is 4.99. The van der Waals surface area contributed by atoms with Gasteiger partial charge in [0.1, 0.15) is 22.3 Å². The molecule has 3 nitrogen and oxygen atoms in total. The van der Waals surface area contributed by atoms with Gasteiger partial charge >= 0.3 is 0 Å². The second kappa shape index (κ2) is 14.8. The van der Waals surface area contributed by atoms with Gasteiger partial charge in [-0.3, -0.25) is 0 Å². The molecule has 72 heavy (non-hydrogen) atoms. The highest BCUT2D eigenvalue weighted by atomic mass is 32.2. The molecule has 0 atom stereocenters. The van der Waals surface area contributed by atoms with E-state index in [0.717, 1.165) is 60.9 Å². The minimum absolute atomic E-state index is 0.514. The summed E-state index contributed by atoms with van der Waals surface area (Å²) in [5.41, 5.74) is 20.5. The van der Waals surface area contributed by atoms with Crippen LogP contribution < -0.4 is 4.90 Å². The van der Waals surface area contributed by atoms with Crippen molar-refractivity contribution in [2.24, 2.45) is 0 Å². The van der Waals surface area contributed by atoms with Crippen LogP contribution in [0.1, 0.15) is 44.5 Å². The Bertz CT molecular complexity index is 4310. The first-order valence-corrected chi connectivity index (χ1v) is 25.5. The fraction of sp³-hybridized carbons (Fsp3) is 0.0294. The molecule has 16 rings (SSSR count). The SMILES string of the molecule is c1ccc(C2(c3ccccc3)c3ccccc3-c3ccc(N(c4ccc5c(c4)oc4ccccc45)c4cccc5oc6cc7c(cc6c45)-c4ccccc4C74c5ccccc5Sc5ccccc54)cc32)cc1. The van der Waals surface area contributed by atoms with E-state index in [0.29, 0.717) is 0 Å². The number of nitrogens with zero attached hydrogens (tertiary/aromatic N) is 1. The number of benzene rings is 11. The summed E-state index contributed by atoms with van der Waals surface area (Å²) >= 11 is 1.87. The lowest BCUT2D eigenvalue weighted by Gasteiger charge is -2.39. The van der Waals surface area contributed by atoms with Gasteiger partial charge in [-0.2, -0.15) is 0 Å². The largest absolute Gasteiger partial charge is 0.456 e. The number of rotatable bonds is 5. The van der Waals surface area contributed by atoms with E-state index in [1.165, 1.54) is 76.6 Å². The average molecular weight is 936 g/mol. The predicted octanol–water partition coefficient (Wildman–Crippen LogP) is 18.1. The van der Waals surface area contributed by atoms with Crippen LogP contribution in [0.5, 0.6) is 0 Å². The van der Waals surface area contributed by atoms with Gasteiger partial charge in [-0.1, -0.05) is 188 Å². The Morgan fingerprint density at radius 1 is 0.306 bits per heavy atom. The first-order chi connectivity index (χ1) is 35.7. The van der Waals surface area contributed by atoms with Crippen LogP contribution in [0.4, 0.5) is 17.1 Å². The van der Waals surface area contributed by atoms with E-state index in [4.69, 9.17) is 8.83 Å². The molecule has 0 unspecified atom stereocenters. The third-order valence-electron chi connectivity index (χ3n) is 16.0. The molecule has 1 aliphatic heterocycles. The van der Waals surface area contributed by atoms with E-state index in [2.05, 4.69) is 248 Å². The first kappa shape index (κ1) is 40.0. The normalized spacial score (nSPS) is 14.3. The van der Waals surface area contributed by atoms with Crippen molar-refractivity contribution >= 4 is 72.7 Å². The van der Waals surface area contributed by atoms with Crippen molar-refractivity contribution in [3.8, 4) is 22.3 Å². The lowest BCUT2D eigenvalue weighted by molar-refractivity contribution is 0.664. The third kappa shape index (κ3) is 5.21. The lowest BCUT2D eigenvalue weighted by Crippen LogP contribution is -2.31. The maximum Gasteiger partial charge on any atom is 0.137 e. The number of furan rings is 2. The Morgan fingerprint density at radius 2 is 0.819 bits per heavy atom. The fourth-order valence-corrected chi connectivity index (χ4v) is 14.4. The van der Waals surface area contributed by atoms with Crippen molar-refractivity contribution in [3.05, 3.63) is 293 Å². The predicted molar refractivity (Wildman–Crippen MR) is 294 cm³/mol. The molecule has 0 fully saturated rings. The van der Waals surface area contributed by atoms with Gasteiger partial charge in [0.25, 0.3) is 0 Å². The minimum atomic E-state index is -0.577. The Labute approximate surface area is 420 Å². The first-order valence-electron chi connectivity index (χ1n) is 24.7. The van der Waals surface area contributed by atoms with Crippen LogP contribution in [-0.2, 0) is 10.8 Å². The molecular weight excluding hydrogens is 895 g/mol. The highest BCUT2D eigenvalue weighted by Gasteiger charge is 2.51. The molecule has 1 spiro atoms. The molecular formula is C68H41NO2S. The molecule has 0 N–H and O–H groups in total. The van der Waals surface area contributed by atoms with Gasteiger partial charge < -0.3 is 13.7 Å². The van der Waals surface area contributed by atoms with Gasteiger partial charge in [0, 0.05) is 43.4 Å². The summed E-state index contributed by atoms with van der Waals surface area (Å²) in [7, 11) is 0. The zero-order valence-electron chi connectivity index (χ0n) is 38.8. The zero-order valence-corrected chi connectivity index (χ0v) is 39.7. The summed E-state index contributed by atoms with van der Waals surface area (Å²) in [6.07, 6.45) is 0. The Kier molecular flexibility index (Phi) is 8.24. The Balaban J connectivity index is 0.982. The van der Waals surface area contributed by atoms with Crippen molar-refractivity contribution in [2.75, 3.05) is 4.90 Å². The Hall–Kier alpha value is -8.83. The molecule has 2 aromatic heterocycles. The van der Waals surface area contributed by atoms with Crippen LogP contribution in [-0.4, -0.2) is 0 Å². The average Bonchev–Trinajstić information content (AvgIpc) is 4.17. The topological polar surface area (TPSA) is 29.5 Å². The van der Waals surface area contributed by atoms with Gasteiger partial charge in [-0.05, 0) is 133 Å². The zero-order chi connectivity index (χ0) is 47.1. The summed E-state index contributed by atoms with van der Waals surface area (Å²) in [6, 6.07) is 91.5. The molecule has 13 aromatic rings. The molecule has 0 bridgehead atoms. The monoisotopic (exact) mass is 935 g/mol. The molecule has 0 saturated carbocycles. The standard InChI is InChI=1S/C68H41NO2S/c1-3-18-42(19-4-1)67(43-20-5-2-6-21-43)53-25-10-7-22-46(53)48-36-34-44(38-57(48)67)69(45-35-37-50-49-24-9-14-30-60(49)70-62(50)39-45)59-29-17-31-61-66(59)52-40-51-47-23-8-11-26-54(47)68(58(51)41-63(52)71-61)55-27-12-15-32-64(55)72-65-33-16-13-28-56(65)68/h1-41H. The third-order valence-corrected chi connectivity index (χ3v) is 17.2. The van der Waals surface area contributed by atoms with Gasteiger partial charge in [0.05, 0.1) is 21.9 Å². The highest BCUT2D eigenvalue weighted by molar-refractivity contribution is 7.99. The molecule has 11 aromatic carbocycles. The lowest BCUT2D eigenvalue weighted by atomic mass is 9.67. The van der Waals surface area contributed by atoms with Crippen LogP contribution in [0.25, 0.3) is 66.1 Å². The maximum atomic E-state index is 7.17. The van der Waals surface area contributed by atoms with Crippen LogP contribution in [0, 0.1) is 0 Å². The summed E-state index contributed by atoms with van der Waals surface area (Å²) in [5, 5.41) is 4.32. The molecule has 3 heterocycles. The van der Waals surface area contributed by atoms with Gasteiger partial charge in [-0.15, -0.1) is 0 Å². The molecule has 0 radical (unpaired) electrons. The second-order valence-electron chi connectivity index (χ2n) is 19.4. The van der Waals surface area contributed by atoms with E-state index in [1.807, 2.05) is 17.8 Å². The van der Waals surface area contributed by atoms with Crippen LogP contribution in [0.2, 0.25) is 0 Å². The minimum Gasteiger partial charge on any atom is -0.456 e. The maximum absolute atomic E-state index is 7.17.